The number of nitrogens with one attached hydrogen (secondary N) is 1. The van der Waals surface area contributed by atoms with E-state index >= 15 is 0 Å². The summed E-state index contributed by atoms with van der Waals surface area (Å²) in [7, 11) is 0. The van der Waals surface area contributed by atoms with Gasteiger partial charge in [-0.15, -0.1) is 0 Å². The fourth-order valence-corrected chi connectivity index (χ4v) is 3.43. The van der Waals surface area contributed by atoms with E-state index < -0.39 is 4.92 Å². The predicted molar refractivity (Wildman–Crippen MR) is 112 cm³/mol. The van der Waals surface area contributed by atoms with Gasteiger partial charge in [-0.25, -0.2) is 9.97 Å². The van der Waals surface area contributed by atoms with Crippen molar-refractivity contribution in [2.45, 2.75) is 6.42 Å². The highest BCUT2D eigenvalue weighted by atomic mass is 16.6. The number of pyridine rings is 1. The lowest BCUT2D eigenvalue weighted by molar-refractivity contribution is -0.383. The Morgan fingerprint density at radius 1 is 1.13 bits per heavy atom. The Bertz CT molecular complexity index is 1030. The zero-order valence-electron chi connectivity index (χ0n) is 16.7. The second kappa shape index (κ2) is 9.20. The smallest absolute Gasteiger partial charge is 0.353 e. The first kappa shape index (κ1) is 20.3. The molecule has 1 saturated heterocycles. The van der Waals surface area contributed by atoms with Gasteiger partial charge in [0.25, 0.3) is 5.91 Å². The number of carbonyl (C=O) groups is 1. The molecule has 160 valence electrons. The molecule has 0 aromatic carbocycles. The minimum absolute atomic E-state index is 0.167. The molecule has 3 aromatic heterocycles. The first-order valence-electron chi connectivity index (χ1n) is 9.84. The van der Waals surface area contributed by atoms with Crippen LogP contribution in [0.3, 0.4) is 0 Å². The molecule has 1 fully saturated rings. The molecular weight excluding hydrogens is 402 g/mol. The third-order valence-electron chi connectivity index (χ3n) is 4.98. The number of aromatic nitrogens is 3. The van der Waals surface area contributed by atoms with Gasteiger partial charge in [0, 0.05) is 51.0 Å². The van der Waals surface area contributed by atoms with Gasteiger partial charge in [-0.2, -0.15) is 0 Å². The van der Waals surface area contributed by atoms with E-state index in [4.69, 9.17) is 4.42 Å². The van der Waals surface area contributed by atoms with Crippen molar-refractivity contribution in [3.05, 3.63) is 70.7 Å². The quantitative estimate of drug-likeness (QED) is 0.448. The van der Waals surface area contributed by atoms with E-state index in [1.54, 1.807) is 28.1 Å². The van der Waals surface area contributed by atoms with Gasteiger partial charge in [0.15, 0.2) is 5.76 Å². The number of amides is 1. The van der Waals surface area contributed by atoms with Crippen molar-refractivity contribution in [1.82, 2.24) is 19.9 Å². The fraction of sp³-hybridized carbons (Fsp3) is 0.300. The van der Waals surface area contributed by atoms with E-state index in [9.17, 15) is 14.9 Å². The summed E-state index contributed by atoms with van der Waals surface area (Å²) < 4.78 is 5.17. The Kier molecular flexibility index (Phi) is 6.01. The van der Waals surface area contributed by atoms with E-state index in [2.05, 4.69) is 20.3 Å². The van der Waals surface area contributed by atoms with Crippen molar-refractivity contribution in [3.63, 3.8) is 0 Å². The van der Waals surface area contributed by atoms with Gasteiger partial charge in [-0.3, -0.25) is 19.9 Å². The monoisotopic (exact) mass is 423 g/mol. The van der Waals surface area contributed by atoms with Crippen LogP contribution in [0.2, 0.25) is 0 Å². The van der Waals surface area contributed by atoms with Crippen molar-refractivity contribution in [2.24, 2.45) is 0 Å². The molecule has 11 nitrogen and oxygen atoms in total. The van der Waals surface area contributed by atoms with Crippen molar-refractivity contribution >= 4 is 23.2 Å². The maximum atomic E-state index is 12.4. The normalized spacial score (nSPS) is 13.8. The molecule has 4 heterocycles. The molecule has 0 aliphatic carbocycles. The SMILES string of the molecule is O=C(c1ccco1)N1CCN(c2ncnc(NCCc3ccccn3)c2[N+](=O)[O-])CC1. The van der Waals surface area contributed by atoms with Gasteiger partial charge in [-0.1, -0.05) is 6.07 Å². The average molecular weight is 423 g/mol. The lowest BCUT2D eigenvalue weighted by Crippen LogP contribution is -2.49. The van der Waals surface area contributed by atoms with Crippen LogP contribution >= 0.6 is 0 Å². The Morgan fingerprint density at radius 3 is 2.65 bits per heavy atom. The molecule has 1 amide bonds. The number of piperazine rings is 1. The largest absolute Gasteiger partial charge is 0.459 e. The lowest BCUT2D eigenvalue weighted by Gasteiger charge is -2.34. The van der Waals surface area contributed by atoms with Crippen LogP contribution in [0.15, 0.2) is 53.5 Å². The van der Waals surface area contributed by atoms with Gasteiger partial charge < -0.3 is 19.5 Å². The first-order valence-corrected chi connectivity index (χ1v) is 9.84. The molecule has 0 radical (unpaired) electrons. The third kappa shape index (κ3) is 4.60. The van der Waals surface area contributed by atoms with Crippen LogP contribution in [0.1, 0.15) is 16.2 Å². The zero-order valence-corrected chi connectivity index (χ0v) is 16.7. The molecule has 0 bridgehead atoms. The summed E-state index contributed by atoms with van der Waals surface area (Å²) in [6.45, 7) is 2.08. The molecule has 1 N–H and O–H groups in total. The number of hydrogen-bond acceptors (Lipinski definition) is 9. The fourth-order valence-electron chi connectivity index (χ4n) is 3.43. The van der Waals surface area contributed by atoms with Gasteiger partial charge in [-0.05, 0) is 24.3 Å². The van der Waals surface area contributed by atoms with E-state index in [0.29, 0.717) is 39.1 Å². The second-order valence-electron chi connectivity index (χ2n) is 6.91. The minimum atomic E-state index is -0.473. The lowest BCUT2D eigenvalue weighted by atomic mass is 10.2. The number of hydrogen-bond donors (Lipinski definition) is 1. The van der Waals surface area contributed by atoms with Gasteiger partial charge in [0.2, 0.25) is 11.6 Å². The predicted octanol–water partition coefficient (Wildman–Crippen LogP) is 1.99. The maximum Gasteiger partial charge on any atom is 0.353 e. The van der Waals surface area contributed by atoms with Crippen LogP contribution in [-0.2, 0) is 6.42 Å². The molecule has 0 saturated carbocycles. The van der Waals surface area contributed by atoms with Crippen molar-refractivity contribution < 1.29 is 14.1 Å². The number of carbonyl (C=O) groups excluding carboxylic acids is 1. The number of anilines is 2. The Hall–Kier alpha value is -4.02. The molecule has 11 heteroatoms. The summed E-state index contributed by atoms with van der Waals surface area (Å²) >= 11 is 0. The minimum Gasteiger partial charge on any atom is -0.459 e. The van der Waals surface area contributed by atoms with Crippen LogP contribution < -0.4 is 10.2 Å². The van der Waals surface area contributed by atoms with Crippen LogP contribution in [-0.4, -0.2) is 63.4 Å². The third-order valence-corrected chi connectivity index (χ3v) is 4.98. The van der Waals surface area contributed by atoms with Crippen molar-refractivity contribution in [2.75, 3.05) is 42.9 Å². The number of nitro groups is 1. The molecule has 4 rings (SSSR count). The van der Waals surface area contributed by atoms with Crippen LogP contribution in [0, 0.1) is 10.1 Å². The Labute approximate surface area is 177 Å². The van der Waals surface area contributed by atoms with E-state index in [-0.39, 0.29) is 29.0 Å². The molecule has 1 aliphatic rings. The van der Waals surface area contributed by atoms with E-state index in [1.165, 1.54) is 12.6 Å². The van der Waals surface area contributed by atoms with E-state index in [1.807, 2.05) is 18.2 Å². The summed E-state index contributed by atoms with van der Waals surface area (Å²) in [5, 5.41) is 14.8. The van der Waals surface area contributed by atoms with E-state index in [0.717, 1.165) is 5.69 Å². The van der Waals surface area contributed by atoms with Gasteiger partial charge in [0.05, 0.1) is 11.2 Å². The summed E-state index contributed by atoms with van der Waals surface area (Å²) in [4.78, 5) is 39.7. The van der Waals surface area contributed by atoms with Gasteiger partial charge in [0.1, 0.15) is 6.33 Å². The summed E-state index contributed by atoms with van der Waals surface area (Å²) in [6.07, 6.45) is 5.07. The standard InChI is InChI=1S/C20H21N7O4/c28-20(16-5-3-13-31-16)26-11-9-25(10-12-26)19-17(27(29)30)18(23-14-24-19)22-8-6-15-4-1-2-7-21-15/h1-5,7,13-14H,6,8-12H2,(H,22,23,24). The van der Waals surface area contributed by atoms with Crippen molar-refractivity contribution in [1.29, 1.82) is 0 Å². The molecular formula is C20H21N7O4. The van der Waals surface area contributed by atoms with Crippen molar-refractivity contribution in [3.8, 4) is 0 Å². The number of nitrogens with zero attached hydrogens (tertiary/aromatic N) is 6. The first-order chi connectivity index (χ1) is 15.1. The second-order valence-corrected chi connectivity index (χ2v) is 6.91. The van der Waals surface area contributed by atoms with Crippen LogP contribution in [0.25, 0.3) is 0 Å². The summed E-state index contributed by atoms with van der Waals surface area (Å²) in [5.74, 6) is 0.491. The zero-order chi connectivity index (χ0) is 21.6. The average Bonchev–Trinajstić information content (AvgIpc) is 3.34. The Morgan fingerprint density at radius 2 is 1.97 bits per heavy atom. The highest BCUT2D eigenvalue weighted by Crippen LogP contribution is 2.32. The van der Waals surface area contributed by atoms with Crippen LogP contribution in [0.4, 0.5) is 17.3 Å². The van der Waals surface area contributed by atoms with Crippen LogP contribution in [0.5, 0.6) is 0 Å². The molecule has 0 unspecified atom stereocenters. The highest BCUT2D eigenvalue weighted by molar-refractivity contribution is 5.91. The maximum absolute atomic E-state index is 12.4. The molecule has 3 aromatic rings. The molecule has 1 aliphatic heterocycles. The van der Waals surface area contributed by atoms with Gasteiger partial charge >= 0.3 is 5.69 Å². The number of furan rings is 1. The summed E-state index contributed by atoms with van der Waals surface area (Å²) in [6, 6.07) is 8.90. The molecule has 0 atom stereocenters. The Balaban J connectivity index is 1.44. The summed E-state index contributed by atoms with van der Waals surface area (Å²) in [5.41, 5.74) is 0.707. The highest BCUT2D eigenvalue weighted by Gasteiger charge is 2.31. The molecule has 0 spiro atoms. The number of rotatable bonds is 7. The molecule has 31 heavy (non-hydrogen) atoms. The topological polar surface area (TPSA) is 131 Å².